The highest BCUT2D eigenvalue weighted by Crippen LogP contribution is 2.39. The number of amides is 2. The van der Waals surface area contributed by atoms with Crippen LogP contribution in [0.25, 0.3) is 0 Å². The normalized spacial score (nSPS) is 18.1. The molecule has 0 radical (unpaired) electrons. The highest BCUT2D eigenvalue weighted by Gasteiger charge is 2.42. The van der Waals surface area contributed by atoms with Gasteiger partial charge in [0.2, 0.25) is 11.8 Å². The van der Waals surface area contributed by atoms with E-state index in [1.165, 1.54) is 11.9 Å². The van der Waals surface area contributed by atoms with Crippen molar-refractivity contribution in [3.63, 3.8) is 0 Å². The lowest BCUT2D eigenvalue weighted by molar-refractivity contribution is -0.155. The summed E-state index contributed by atoms with van der Waals surface area (Å²) in [7, 11) is 1.46. The van der Waals surface area contributed by atoms with Gasteiger partial charge in [-0.2, -0.15) is 0 Å². The van der Waals surface area contributed by atoms with Gasteiger partial charge >= 0.3 is 5.97 Å². The summed E-state index contributed by atoms with van der Waals surface area (Å²) in [6, 6.07) is 0. The van der Waals surface area contributed by atoms with Gasteiger partial charge in [0, 0.05) is 13.5 Å². The quantitative estimate of drug-likeness (QED) is 0.741. The Labute approximate surface area is 106 Å². The molecule has 3 N–H and O–H groups in total. The van der Waals surface area contributed by atoms with Gasteiger partial charge in [0.05, 0.1) is 12.0 Å². The minimum absolute atomic E-state index is 0.0495. The predicted molar refractivity (Wildman–Crippen MR) is 64.6 cm³/mol. The number of carboxylic acid groups (broad SMARTS) is 1. The minimum atomic E-state index is -0.957. The molecule has 0 bridgehead atoms. The molecular formula is C12H20N2O4. The number of carbonyl (C=O) groups is 3. The van der Waals surface area contributed by atoms with E-state index in [-0.39, 0.29) is 18.9 Å². The third kappa shape index (κ3) is 3.45. The Morgan fingerprint density at radius 3 is 2.22 bits per heavy atom. The van der Waals surface area contributed by atoms with Crippen LogP contribution in [0.15, 0.2) is 0 Å². The van der Waals surface area contributed by atoms with E-state index in [0.29, 0.717) is 12.8 Å². The first-order valence-corrected chi connectivity index (χ1v) is 6.13. The number of aliphatic carboxylic acids is 1. The van der Waals surface area contributed by atoms with Gasteiger partial charge in [-0.25, -0.2) is 0 Å². The average molecular weight is 256 g/mol. The smallest absolute Gasteiger partial charge is 0.310 e. The van der Waals surface area contributed by atoms with Gasteiger partial charge in [0.1, 0.15) is 0 Å². The van der Waals surface area contributed by atoms with Crippen molar-refractivity contribution in [1.29, 1.82) is 0 Å². The van der Waals surface area contributed by atoms with Crippen LogP contribution in [0.2, 0.25) is 0 Å². The van der Waals surface area contributed by atoms with E-state index in [4.69, 9.17) is 5.73 Å². The molecule has 0 heterocycles. The molecule has 0 aromatic carbocycles. The van der Waals surface area contributed by atoms with Crippen LogP contribution in [-0.2, 0) is 14.4 Å². The third-order valence-electron chi connectivity index (χ3n) is 3.57. The van der Waals surface area contributed by atoms with Crippen LogP contribution >= 0.6 is 0 Å². The average Bonchev–Trinajstić information content (AvgIpc) is 2.29. The fourth-order valence-corrected chi connectivity index (χ4v) is 2.44. The maximum Gasteiger partial charge on any atom is 0.310 e. The molecule has 6 heteroatoms. The van der Waals surface area contributed by atoms with E-state index in [0.717, 1.165) is 19.3 Å². The van der Waals surface area contributed by atoms with E-state index in [1.807, 2.05) is 0 Å². The molecule has 1 rings (SSSR count). The summed E-state index contributed by atoms with van der Waals surface area (Å²) in [4.78, 5) is 35.2. The number of hydrogen-bond acceptors (Lipinski definition) is 3. The molecule has 0 aromatic rings. The number of hydrogen-bond donors (Lipinski definition) is 2. The molecular weight excluding hydrogens is 236 g/mol. The van der Waals surface area contributed by atoms with Gasteiger partial charge in [-0.1, -0.05) is 19.3 Å². The first kappa shape index (κ1) is 14.5. The summed E-state index contributed by atoms with van der Waals surface area (Å²) >= 11 is 0. The van der Waals surface area contributed by atoms with Crippen molar-refractivity contribution in [2.75, 3.05) is 13.6 Å². The number of rotatable bonds is 5. The maximum absolute atomic E-state index is 11.9. The lowest BCUT2D eigenvalue weighted by atomic mass is 9.71. The standard InChI is InChI=1S/C12H20N2O4/c1-14(8-9(13)15)10(16)7-12(11(17)18)5-3-2-4-6-12/h2-8H2,1H3,(H2,13,15)(H,17,18). The molecule has 1 aliphatic rings. The fourth-order valence-electron chi connectivity index (χ4n) is 2.44. The van der Waals surface area contributed by atoms with Crippen LogP contribution in [0.1, 0.15) is 38.5 Å². The van der Waals surface area contributed by atoms with Crippen molar-refractivity contribution in [1.82, 2.24) is 4.90 Å². The number of carbonyl (C=O) groups excluding carboxylic acids is 2. The molecule has 0 spiro atoms. The summed E-state index contributed by atoms with van der Waals surface area (Å²) in [6.07, 6.45) is 3.68. The fraction of sp³-hybridized carbons (Fsp3) is 0.750. The summed E-state index contributed by atoms with van der Waals surface area (Å²) < 4.78 is 0. The lowest BCUT2D eigenvalue weighted by Crippen LogP contribution is -2.42. The minimum Gasteiger partial charge on any atom is -0.481 e. The molecule has 1 aliphatic carbocycles. The van der Waals surface area contributed by atoms with E-state index >= 15 is 0 Å². The van der Waals surface area contributed by atoms with E-state index in [9.17, 15) is 19.5 Å². The Bertz CT molecular complexity index is 348. The zero-order chi connectivity index (χ0) is 13.8. The summed E-state index contributed by atoms with van der Waals surface area (Å²) in [6.45, 7) is -0.172. The van der Waals surface area contributed by atoms with Gasteiger partial charge in [-0.3, -0.25) is 14.4 Å². The van der Waals surface area contributed by atoms with Gasteiger partial charge in [0.15, 0.2) is 0 Å². The second-order valence-electron chi connectivity index (χ2n) is 5.04. The summed E-state index contributed by atoms with van der Waals surface area (Å²) in [5, 5.41) is 9.34. The number of carboxylic acids is 1. The van der Waals surface area contributed by atoms with Crippen molar-refractivity contribution in [2.24, 2.45) is 11.1 Å². The monoisotopic (exact) mass is 256 g/mol. The highest BCUT2D eigenvalue weighted by atomic mass is 16.4. The molecule has 0 unspecified atom stereocenters. The second-order valence-corrected chi connectivity index (χ2v) is 5.04. The van der Waals surface area contributed by atoms with Crippen LogP contribution in [0.4, 0.5) is 0 Å². The molecule has 1 saturated carbocycles. The van der Waals surface area contributed by atoms with Gasteiger partial charge < -0.3 is 15.7 Å². The van der Waals surface area contributed by atoms with Crippen molar-refractivity contribution in [3.05, 3.63) is 0 Å². The molecule has 6 nitrogen and oxygen atoms in total. The van der Waals surface area contributed by atoms with E-state index in [1.54, 1.807) is 0 Å². The maximum atomic E-state index is 11.9. The van der Waals surface area contributed by atoms with E-state index in [2.05, 4.69) is 0 Å². The van der Waals surface area contributed by atoms with Gasteiger partial charge in [-0.05, 0) is 12.8 Å². The number of nitrogens with two attached hydrogens (primary N) is 1. The molecule has 0 atom stereocenters. The summed E-state index contributed by atoms with van der Waals surface area (Å²) in [5.41, 5.74) is 4.05. The first-order valence-electron chi connectivity index (χ1n) is 6.13. The van der Waals surface area contributed by atoms with Crippen molar-refractivity contribution < 1.29 is 19.5 Å². The van der Waals surface area contributed by atoms with Crippen LogP contribution in [0, 0.1) is 5.41 Å². The topological polar surface area (TPSA) is 101 Å². The van der Waals surface area contributed by atoms with Crippen molar-refractivity contribution >= 4 is 17.8 Å². The van der Waals surface area contributed by atoms with Gasteiger partial charge in [0.25, 0.3) is 0 Å². The number of nitrogens with zero attached hydrogens (tertiary/aromatic N) is 1. The molecule has 102 valence electrons. The molecule has 2 amide bonds. The molecule has 18 heavy (non-hydrogen) atoms. The largest absolute Gasteiger partial charge is 0.481 e. The van der Waals surface area contributed by atoms with Crippen LogP contribution < -0.4 is 5.73 Å². The third-order valence-corrected chi connectivity index (χ3v) is 3.57. The van der Waals surface area contributed by atoms with Gasteiger partial charge in [-0.15, -0.1) is 0 Å². The van der Waals surface area contributed by atoms with Crippen LogP contribution in [0.3, 0.4) is 0 Å². The Morgan fingerprint density at radius 2 is 1.78 bits per heavy atom. The Hall–Kier alpha value is -1.59. The predicted octanol–water partition coefficient (Wildman–Crippen LogP) is 0.355. The molecule has 0 saturated heterocycles. The highest BCUT2D eigenvalue weighted by molar-refractivity contribution is 5.87. The zero-order valence-electron chi connectivity index (χ0n) is 10.6. The Kier molecular flexibility index (Phi) is 4.69. The zero-order valence-corrected chi connectivity index (χ0v) is 10.6. The van der Waals surface area contributed by atoms with Crippen LogP contribution in [-0.4, -0.2) is 41.4 Å². The van der Waals surface area contributed by atoms with E-state index < -0.39 is 17.3 Å². The second kappa shape index (κ2) is 5.84. The first-order chi connectivity index (χ1) is 8.37. The Morgan fingerprint density at radius 1 is 1.22 bits per heavy atom. The van der Waals surface area contributed by atoms with Crippen molar-refractivity contribution in [2.45, 2.75) is 38.5 Å². The molecule has 1 fully saturated rings. The Balaban J connectivity index is 2.69. The van der Waals surface area contributed by atoms with Crippen molar-refractivity contribution in [3.8, 4) is 0 Å². The SMILES string of the molecule is CN(CC(N)=O)C(=O)CC1(C(=O)O)CCCCC1. The lowest BCUT2D eigenvalue weighted by Gasteiger charge is -2.33. The number of primary amides is 1. The molecule has 0 aliphatic heterocycles. The molecule has 0 aromatic heterocycles. The summed E-state index contributed by atoms with van der Waals surface area (Å²) in [5.74, 6) is -1.85. The van der Waals surface area contributed by atoms with Crippen LogP contribution in [0.5, 0.6) is 0 Å². The number of likely N-dealkylation sites (N-methyl/N-ethyl adjacent to an activating group) is 1.